The van der Waals surface area contributed by atoms with E-state index in [1.807, 2.05) is 39.5 Å². The Balaban J connectivity index is 1.63. The summed E-state index contributed by atoms with van der Waals surface area (Å²) in [5, 5.41) is 11.1. The number of urea groups is 1. The second-order valence-electron chi connectivity index (χ2n) is 8.51. The third kappa shape index (κ3) is 3.59. The first-order valence-electron chi connectivity index (χ1n) is 10.9. The second-order valence-corrected chi connectivity index (χ2v) is 8.51. The SMILES string of the molecule is C=CC(=O)N1CCC(CN2C=C(Nc3cn(C)nc3OC)C3(C)NC=C(CC)N3C2=O)C1. The maximum absolute atomic E-state index is 13.5. The fourth-order valence-corrected chi connectivity index (χ4v) is 4.60. The number of aromatic nitrogens is 2. The number of nitrogens with one attached hydrogen (secondary N) is 2. The van der Waals surface area contributed by atoms with E-state index in [9.17, 15) is 9.59 Å². The Kier molecular flexibility index (Phi) is 5.62. The molecule has 0 radical (unpaired) electrons. The molecule has 0 aromatic carbocycles. The number of nitrogens with zero attached hydrogens (tertiary/aromatic N) is 5. The van der Waals surface area contributed by atoms with Gasteiger partial charge in [-0.15, -0.1) is 5.10 Å². The van der Waals surface area contributed by atoms with Gasteiger partial charge in [0.2, 0.25) is 5.91 Å². The average molecular weight is 442 g/mol. The molecule has 3 amide bonds. The number of likely N-dealkylation sites (tertiary alicyclic amines) is 1. The van der Waals surface area contributed by atoms with Gasteiger partial charge in [0.1, 0.15) is 5.69 Å². The molecule has 0 saturated carbocycles. The molecule has 3 aliphatic rings. The van der Waals surface area contributed by atoms with Gasteiger partial charge in [-0.2, -0.15) is 0 Å². The Bertz CT molecular complexity index is 998. The summed E-state index contributed by atoms with van der Waals surface area (Å²) in [6, 6.07) is -0.0807. The van der Waals surface area contributed by atoms with Crippen molar-refractivity contribution < 1.29 is 14.3 Å². The van der Waals surface area contributed by atoms with Gasteiger partial charge >= 0.3 is 6.03 Å². The molecule has 2 unspecified atom stereocenters. The van der Waals surface area contributed by atoms with Crippen LogP contribution in [-0.2, 0) is 11.8 Å². The number of ether oxygens (including phenoxy) is 1. The van der Waals surface area contributed by atoms with Crippen LogP contribution in [0.1, 0.15) is 26.7 Å². The van der Waals surface area contributed by atoms with E-state index < -0.39 is 5.66 Å². The van der Waals surface area contributed by atoms with E-state index in [1.54, 1.807) is 26.5 Å². The number of allylic oxidation sites excluding steroid dienone is 1. The van der Waals surface area contributed by atoms with E-state index in [4.69, 9.17) is 4.74 Å². The predicted molar refractivity (Wildman–Crippen MR) is 120 cm³/mol. The minimum Gasteiger partial charge on any atom is -0.478 e. The molecule has 2 N–H and O–H groups in total. The molecule has 1 saturated heterocycles. The Morgan fingerprint density at radius 3 is 2.97 bits per heavy atom. The first-order chi connectivity index (χ1) is 15.3. The van der Waals surface area contributed by atoms with Crippen molar-refractivity contribution >= 4 is 17.6 Å². The van der Waals surface area contributed by atoms with Crippen molar-refractivity contribution in [2.75, 3.05) is 32.1 Å². The van der Waals surface area contributed by atoms with Crippen molar-refractivity contribution in [3.05, 3.63) is 42.6 Å². The number of hydrogen-bond donors (Lipinski definition) is 2. The van der Waals surface area contributed by atoms with Crippen LogP contribution in [0, 0.1) is 5.92 Å². The molecule has 0 bridgehead atoms. The van der Waals surface area contributed by atoms with E-state index in [-0.39, 0.29) is 17.9 Å². The number of rotatable bonds is 7. The molecule has 0 spiro atoms. The highest BCUT2D eigenvalue weighted by molar-refractivity contribution is 5.87. The largest absolute Gasteiger partial charge is 0.478 e. The average Bonchev–Trinajstić information content (AvgIpc) is 3.48. The highest BCUT2D eigenvalue weighted by atomic mass is 16.5. The van der Waals surface area contributed by atoms with Gasteiger partial charge in [0, 0.05) is 44.8 Å². The van der Waals surface area contributed by atoms with Crippen LogP contribution in [0.15, 0.2) is 42.6 Å². The molecule has 3 aliphatic heterocycles. The number of carbonyl (C=O) groups is 2. The van der Waals surface area contributed by atoms with Crippen molar-refractivity contribution in [1.29, 1.82) is 0 Å². The van der Waals surface area contributed by atoms with Crippen molar-refractivity contribution in [3.8, 4) is 5.88 Å². The molecule has 1 aromatic rings. The summed E-state index contributed by atoms with van der Waals surface area (Å²) < 4.78 is 7.08. The van der Waals surface area contributed by atoms with Gasteiger partial charge in [-0.1, -0.05) is 13.5 Å². The number of anilines is 1. The zero-order valence-corrected chi connectivity index (χ0v) is 19.1. The third-order valence-corrected chi connectivity index (χ3v) is 6.35. The third-order valence-electron chi connectivity index (χ3n) is 6.35. The molecule has 172 valence electrons. The standard InChI is InChI=1S/C22H31N7O3/c1-6-16-10-23-22(3)18(24-17-13-26(4)25-20(17)32-5)14-28(21(31)29(16)22)12-15-8-9-27(11-15)19(30)7-2/h7,10,13-15,23-24H,2,6,8-9,11-12H2,1,3-5H3. The van der Waals surface area contributed by atoms with Crippen LogP contribution in [0.25, 0.3) is 0 Å². The smallest absolute Gasteiger partial charge is 0.330 e. The van der Waals surface area contributed by atoms with E-state index >= 15 is 0 Å². The summed E-state index contributed by atoms with van der Waals surface area (Å²) in [4.78, 5) is 30.8. The number of methoxy groups -OCH3 is 1. The van der Waals surface area contributed by atoms with Crippen molar-refractivity contribution in [2.45, 2.75) is 32.4 Å². The van der Waals surface area contributed by atoms with Gasteiger partial charge in [-0.25, -0.2) is 4.79 Å². The van der Waals surface area contributed by atoms with Crippen LogP contribution in [0.3, 0.4) is 0 Å². The molecule has 2 atom stereocenters. The lowest BCUT2D eigenvalue weighted by molar-refractivity contribution is -0.125. The van der Waals surface area contributed by atoms with E-state index in [0.29, 0.717) is 31.2 Å². The maximum Gasteiger partial charge on any atom is 0.330 e. The van der Waals surface area contributed by atoms with Crippen molar-refractivity contribution in [3.63, 3.8) is 0 Å². The van der Waals surface area contributed by atoms with Crippen LogP contribution in [0.4, 0.5) is 10.5 Å². The van der Waals surface area contributed by atoms with Gasteiger partial charge in [-0.3, -0.25) is 19.3 Å². The topological polar surface area (TPSA) is 95.0 Å². The zero-order chi connectivity index (χ0) is 23.0. The summed E-state index contributed by atoms with van der Waals surface area (Å²) in [5.74, 6) is 0.608. The minimum absolute atomic E-state index is 0.0634. The lowest BCUT2D eigenvalue weighted by Gasteiger charge is -2.45. The van der Waals surface area contributed by atoms with Crippen molar-refractivity contribution in [2.24, 2.45) is 13.0 Å². The van der Waals surface area contributed by atoms with Crippen LogP contribution in [0.2, 0.25) is 0 Å². The molecule has 10 nitrogen and oxygen atoms in total. The molecule has 0 aliphatic carbocycles. The van der Waals surface area contributed by atoms with Gasteiger partial charge in [0.25, 0.3) is 5.88 Å². The molecule has 4 rings (SSSR count). The number of amides is 3. The Morgan fingerprint density at radius 2 is 2.28 bits per heavy atom. The van der Waals surface area contributed by atoms with E-state index in [0.717, 1.165) is 24.2 Å². The number of carbonyl (C=O) groups excluding carboxylic acids is 2. The van der Waals surface area contributed by atoms with Crippen LogP contribution >= 0.6 is 0 Å². The molecule has 32 heavy (non-hydrogen) atoms. The van der Waals surface area contributed by atoms with Crippen LogP contribution in [-0.4, -0.2) is 68.8 Å². The van der Waals surface area contributed by atoms with Crippen molar-refractivity contribution in [1.82, 2.24) is 29.8 Å². The Hall–Kier alpha value is -3.43. The Labute approximate surface area is 188 Å². The van der Waals surface area contributed by atoms with Gasteiger partial charge in [-0.05, 0) is 31.8 Å². The number of fused-ring (bicyclic) bond motifs is 1. The lowest BCUT2D eigenvalue weighted by Crippen LogP contribution is -2.61. The molecule has 10 heteroatoms. The molecular weight excluding hydrogens is 410 g/mol. The summed E-state index contributed by atoms with van der Waals surface area (Å²) in [5.41, 5.74) is 1.69. The quantitative estimate of drug-likeness (QED) is 0.629. The summed E-state index contributed by atoms with van der Waals surface area (Å²) in [6.45, 7) is 9.41. The first kappa shape index (κ1) is 21.8. The molecular formula is C22H31N7O3. The van der Waals surface area contributed by atoms with E-state index in [2.05, 4.69) is 22.3 Å². The first-order valence-corrected chi connectivity index (χ1v) is 10.9. The lowest BCUT2D eigenvalue weighted by atomic mass is 10.0. The molecule has 4 heterocycles. The fraction of sp³-hybridized carbons (Fsp3) is 0.500. The predicted octanol–water partition coefficient (Wildman–Crippen LogP) is 2.02. The summed E-state index contributed by atoms with van der Waals surface area (Å²) in [7, 11) is 3.40. The zero-order valence-electron chi connectivity index (χ0n) is 19.1. The van der Waals surface area contributed by atoms with Crippen LogP contribution < -0.4 is 15.4 Å². The monoisotopic (exact) mass is 441 g/mol. The summed E-state index contributed by atoms with van der Waals surface area (Å²) >= 11 is 0. The summed E-state index contributed by atoms with van der Waals surface area (Å²) in [6.07, 6.45) is 8.52. The van der Waals surface area contributed by atoms with Gasteiger partial charge in [0.05, 0.1) is 19.0 Å². The Morgan fingerprint density at radius 1 is 1.50 bits per heavy atom. The number of hydrogen-bond acceptors (Lipinski definition) is 6. The highest BCUT2D eigenvalue weighted by Crippen LogP contribution is 2.38. The second kappa shape index (κ2) is 8.25. The molecule has 1 fully saturated rings. The van der Waals surface area contributed by atoms with Gasteiger partial charge < -0.3 is 20.3 Å². The van der Waals surface area contributed by atoms with Crippen LogP contribution in [0.5, 0.6) is 5.88 Å². The fourth-order valence-electron chi connectivity index (χ4n) is 4.60. The van der Waals surface area contributed by atoms with Gasteiger partial charge in [0.15, 0.2) is 5.66 Å². The molecule has 1 aromatic heterocycles. The highest BCUT2D eigenvalue weighted by Gasteiger charge is 2.49. The van der Waals surface area contributed by atoms with E-state index in [1.165, 1.54) is 6.08 Å². The maximum atomic E-state index is 13.5. The minimum atomic E-state index is -0.750. The normalized spacial score (nSPS) is 24.7. The number of aryl methyl sites for hydroxylation is 1.